The summed E-state index contributed by atoms with van der Waals surface area (Å²) in [7, 11) is 0. The molecule has 1 aliphatic heterocycles. The standard InChI is InChI=1S/C28H32F5NO2/c1-25-14-12-19-17(8-11-21-26(19,2)15-13-22(35)34-21)18(25)9-10-20(25)24(36)23(16-6-4-3-5-7-16)27(29,30)28(31,32)33/h3-7,11,17-20,23H,8-10,12-15H2,1-2H3,(H,34,35)/t17-,18-,19-,20+,23?,25-,26+/m0/s1. The lowest BCUT2D eigenvalue weighted by atomic mass is 9.48. The molecule has 4 aliphatic rings. The Labute approximate surface area is 207 Å². The second kappa shape index (κ2) is 8.38. The number of halogens is 5. The van der Waals surface area contributed by atoms with Gasteiger partial charge in [0.2, 0.25) is 5.91 Å². The van der Waals surface area contributed by atoms with Gasteiger partial charge in [0.25, 0.3) is 0 Å². The van der Waals surface area contributed by atoms with Crippen molar-refractivity contribution in [2.75, 3.05) is 0 Å². The first-order valence-corrected chi connectivity index (χ1v) is 12.8. The number of rotatable bonds is 4. The number of piperidine rings is 1. The molecule has 0 spiro atoms. The Kier molecular flexibility index (Phi) is 5.92. The maximum absolute atomic E-state index is 14.9. The summed E-state index contributed by atoms with van der Waals surface area (Å²) in [5.41, 5.74) is -0.146. The monoisotopic (exact) mass is 509 g/mol. The van der Waals surface area contributed by atoms with E-state index in [9.17, 15) is 31.5 Å². The fraction of sp³-hybridized carbons (Fsp3) is 0.643. The van der Waals surface area contributed by atoms with E-state index in [1.54, 1.807) is 0 Å². The number of benzene rings is 1. The maximum Gasteiger partial charge on any atom is 0.454 e. The molecule has 1 amide bonds. The number of carbonyl (C=O) groups is 2. The van der Waals surface area contributed by atoms with Crippen molar-refractivity contribution >= 4 is 11.7 Å². The van der Waals surface area contributed by atoms with E-state index in [1.165, 1.54) is 30.3 Å². The van der Waals surface area contributed by atoms with Gasteiger partial charge in [-0.15, -0.1) is 0 Å². The van der Waals surface area contributed by atoms with Crippen molar-refractivity contribution < 1.29 is 31.5 Å². The van der Waals surface area contributed by atoms with Crippen LogP contribution in [-0.2, 0) is 9.59 Å². The van der Waals surface area contributed by atoms with Gasteiger partial charge in [-0.25, -0.2) is 0 Å². The van der Waals surface area contributed by atoms with Crippen LogP contribution >= 0.6 is 0 Å². The fourth-order valence-corrected chi connectivity index (χ4v) is 8.22. The number of fused-ring (bicyclic) bond motifs is 5. The predicted octanol–water partition coefficient (Wildman–Crippen LogP) is 6.80. The molecule has 2 saturated carbocycles. The summed E-state index contributed by atoms with van der Waals surface area (Å²) in [6, 6.07) is 6.70. The highest BCUT2D eigenvalue weighted by molar-refractivity contribution is 5.90. The Balaban J connectivity index is 1.47. The van der Waals surface area contributed by atoms with Crippen molar-refractivity contribution in [3.8, 4) is 0 Å². The Bertz CT molecular complexity index is 1080. The number of nitrogens with one attached hydrogen (secondary N) is 1. The minimum atomic E-state index is -5.83. The molecule has 3 aliphatic carbocycles. The molecular formula is C28H32F5NO2. The Morgan fingerprint density at radius 3 is 2.36 bits per heavy atom. The molecule has 1 aromatic carbocycles. The molecule has 5 rings (SSSR count). The van der Waals surface area contributed by atoms with Crippen LogP contribution in [0.15, 0.2) is 42.1 Å². The lowest BCUT2D eigenvalue weighted by molar-refractivity contribution is -0.289. The predicted molar refractivity (Wildman–Crippen MR) is 124 cm³/mol. The zero-order valence-electron chi connectivity index (χ0n) is 20.5. The summed E-state index contributed by atoms with van der Waals surface area (Å²) < 4.78 is 70.4. The van der Waals surface area contributed by atoms with Crippen LogP contribution in [0.3, 0.4) is 0 Å². The first-order valence-electron chi connectivity index (χ1n) is 12.8. The minimum Gasteiger partial charge on any atom is -0.330 e. The lowest BCUT2D eigenvalue weighted by Crippen LogP contribution is -2.54. The largest absolute Gasteiger partial charge is 0.454 e. The average Bonchev–Trinajstić information content (AvgIpc) is 3.17. The van der Waals surface area contributed by atoms with Crippen molar-refractivity contribution in [2.24, 2.45) is 34.5 Å². The van der Waals surface area contributed by atoms with E-state index in [0.717, 1.165) is 25.0 Å². The molecule has 8 heteroatoms. The van der Waals surface area contributed by atoms with Crippen LogP contribution in [0, 0.1) is 34.5 Å². The molecule has 36 heavy (non-hydrogen) atoms. The van der Waals surface area contributed by atoms with Gasteiger partial charge in [0.1, 0.15) is 11.7 Å². The Hall–Kier alpha value is -2.25. The van der Waals surface area contributed by atoms with Crippen LogP contribution in [0.25, 0.3) is 0 Å². The third-order valence-corrected chi connectivity index (χ3v) is 10.1. The van der Waals surface area contributed by atoms with Crippen LogP contribution in [-0.4, -0.2) is 23.8 Å². The number of Topliss-reactive ketones (excluding diaryl/α,β-unsaturated/α-hetero) is 1. The van der Waals surface area contributed by atoms with Gasteiger partial charge in [-0.05, 0) is 67.3 Å². The molecule has 1 aromatic rings. The summed E-state index contributed by atoms with van der Waals surface area (Å²) in [5.74, 6) is -8.99. The summed E-state index contributed by atoms with van der Waals surface area (Å²) in [6.45, 7) is 4.10. The minimum absolute atomic E-state index is 0.0156. The van der Waals surface area contributed by atoms with E-state index < -0.39 is 35.1 Å². The first kappa shape index (κ1) is 25.4. The highest BCUT2D eigenvalue weighted by Crippen LogP contribution is 2.66. The third kappa shape index (κ3) is 3.65. The number of hydrogen-bond acceptors (Lipinski definition) is 2. The van der Waals surface area contributed by atoms with Gasteiger partial charge in [-0.3, -0.25) is 9.59 Å². The molecule has 1 saturated heterocycles. The SMILES string of the molecule is C[C@]12CC[C@H]3[C@@H](CC=C4NC(=O)CC[C@@]43C)[C@@H]1CC[C@@H]2C(=O)C(c1ccccc1)C(F)(F)C(F)(F)F. The zero-order valence-corrected chi connectivity index (χ0v) is 20.5. The normalized spacial score (nSPS) is 37.2. The lowest BCUT2D eigenvalue weighted by Gasteiger charge is -2.57. The topological polar surface area (TPSA) is 46.2 Å². The molecule has 0 bridgehead atoms. The molecule has 0 radical (unpaired) electrons. The van der Waals surface area contributed by atoms with Crippen LogP contribution in [0.5, 0.6) is 0 Å². The maximum atomic E-state index is 14.9. The van der Waals surface area contributed by atoms with Gasteiger partial charge in [0.05, 0.1) is 0 Å². The van der Waals surface area contributed by atoms with Crippen LogP contribution < -0.4 is 5.32 Å². The fourth-order valence-electron chi connectivity index (χ4n) is 8.22. The molecular weight excluding hydrogens is 477 g/mol. The molecule has 7 atom stereocenters. The second-order valence-electron chi connectivity index (χ2n) is 11.7. The van der Waals surface area contributed by atoms with Crippen LogP contribution in [0.4, 0.5) is 22.0 Å². The highest BCUT2D eigenvalue weighted by atomic mass is 19.4. The first-order chi connectivity index (χ1) is 16.8. The summed E-state index contributed by atoms with van der Waals surface area (Å²) in [6.07, 6.45) is 0.480. The Morgan fingerprint density at radius 1 is 1.00 bits per heavy atom. The van der Waals surface area contributed by atoms with Gasteiger partial charge in [-0.2, -0.15) is 22.0 Å². The summed E-state index contributed by atoms with van der Waals surface area (Å²) in [4.78, 5) is 25.7. The van der Waals surface area contributed by atoms with Gasteiger partial charge in [0, 0.05) is 23.5 Å². The smallest absolute Gasteiger partial charge is 0.330 e. The number of allylic oxidation sites excluding steroid dienone is 2. The summed E-state index contributed by atoms with van der Waals surface area (Å²) in [5, 5.41) is 3.03. The number of amides is 1. The molecule has 1 heterocycles. The van der Waals surface area contributed by atoms with E-state index in [0.29, 0.717) is 25.7 Å². The van der Waals surface area contributed by atoms with E-state index in [-0.39, 0.29) is 34.6 Å². The number of hydrogen-bond donors (Lipinski definition) is 1. The van der Waals surface area contributed by atoms with Gasteiger partial charge in [0.15, 0.2) is 0 Å². The van der Waals surface area contributed by atoms with Crippen LogP contribution in [0.1, 0.15) is 70.3 Å². The summed E-state index contributed by atoms with van der Waals surface area (Å²) >= 11 is 0. The van der Waals surface area contributed by atoms with Crippen molar-refractivity contribution in [3.05, 3.63) is 47.7 Å². The average molecular weight is 510 g/mol. The second-order valence-corrected chi connectivity index (χ2v) is 11.7. The zero-order chi connectivity index (χ0) is 26.1. The van der Waals surface area contributed by atoms with E-state index in [1.807, 2.05) is 6.92 Å². The van der Waals surface area contributed by atoms with Crippen molar-refractivity contribution in [3.63, 3.8) is 0 Å². The van der Waals surface area contributed by atoms with Gasteiger partial charge < -0.3 is 5.32 Å². The van der Waals surface area contributed by atoms with Crippen molar-refractivity contribution in [2.45, 2.75) is 76.8 Å². The molecule has 1 N–H and O–H groups in total. The molecule has 0 aromatic heterocycles. The Morgan fingerprint density at radius 2 is 1.69 bits per heavy atom. The quantitative estimate of drug-likeness (QED) is 0.454. The van der Waals surface area contributed by atoms with E-state index in [4.69, 9.17) is 0 Å². The van der Waals surface area contributed by atoms with Crippen molar-refractivity contribution in [1.29, 1.82) is 0 Å². The third-order valence-electron chi connectivity index (χ3n) is 10.1. The van der Waals surface area contributed by atoms with Gasteiger partial charge in [-0.1, -0.05) is 50.3 Å². The number of alkyl halides is 5. The highest BCUT2D eigenvalue weighted by Gasteiger charge is 2.67. The number of ketones is 1. The molecule has 1 unspecified atom stereocenters. The number of carbonyl (C=O) groups excluding carboxylic acids is 2. The van der Waals surface area contributed by atoms with Gasteiger partial charge >= 0.3 is 12.1 Å². The van der Waals surface area contributed by atoms with Crippen LogP contribution in [0.2, 0.25) is 0 Å². The van der Waals surface area contributed by atoms with Crippen molar-refractivity contribution in [1.82, 2.24) is 5.32 Å². The molecule has 3 fully saturated rings. The van der Waals surface area contributed by atoms with E-state index in [2.05, 4.69) is 18.3 Å². The van der Waals surface area contributed by atoms with E-state index >= 15 is 0 Å². The molecule has 196 valence electrons. The molecule has 3 nitrogen and oxygen atoms in total.